The summed E-state index contributed by atoms with van der Waals surface area (Å²) in [7, 11) is 0. The molecular weight excluding hydrogens is 542 g/mol. The lowest BCUT2D eigenvalue weighted by atomic mass is 9.73. The maximum atomic E-state index is 13.9. The highest BCUT2D eigenvalue weighted by atomic mass is 19.4. The van der Waals surface area contributed by atoms with Crippen LogP contribution in [0.25, 0.3) is 17.2 Å². The van der Waals surface area contributed by atoms with Gasteiger partial charge in [0.25, 0.3) is 0 Å². The SMILES string of the molecule is Cc1cc(F)cnc1C1(C2CC2)C(=O)Nc2nc(-c3cn4ccnc4c(CCC(F)(F)C(F)(F)F)n3)nc(N)c21. The number of nitrogens with zero attached hydrogens (tertiary/aromatic N) is 6. The predicted molar refractivity (Wildman–Crippen MR) is 129 cm³/mol. The lowest BCUT2D eigenvalue weighted by molar-refractivity contribution is -0.284. The molecule has 0 spiro atoms. The summed E-state index contributed by atoms with van der Waals surface area (Å²) in [4.78, 5) is 34.9. The van der Waals surface area contributed by atoms with Crippen LogP contribution in [0.1, 0.15) is 41.8 Å². The molecule has 5 heterocycles. The standard InChI is InChI=1S/C25H20F6N8O/c1-11-8-13(26)9-34-17(11)24(12-2-3-12)16-18(32)36-19(37-20(16)38-22(24)40)15-10-39-7-6-33-21(39)14(35-15)4-5-23(27,28)25(29,30)31/h6-10,12H,2-5H2,1H3,(H3,32,36,37,38,40). The molecule has 2 aliphatic rings. The number of nitrogens with two attached hydrogens (primary N) is 1. The van der Waals surface area contributed by atoms with E-state index in [9.17, 15) is 31.1 Å². The van der Waals surface area contributed by atoms with Gasteiger partial charge in [0.15, 0.2) is 11.5 Å². The van der Waals surface area contributed by atoms with Crippen LogP contribution in [0.3, 0.4) is 0 Å². The van der Waals surface area contributed by atoms with E-state index in [2.05, 4.69) is 30.2 Å². The van der Waals surface area contributed by atoms with Crippen molar-refractivity contribution >= 4 is 23.2 Å². The molecule has 3 N–H and O–H groups in total. The Morgan fingerprint density at radius 3 is 2.58 bits per heavy atom. The number of hydrogen-bond donors (Lipinski definition) is 2. The van der Waals surface area contributed by atoms with Crippen molar-refractivity contribution in [3.8, 4) is 11.5 Å². The van der Waals surface area contributed by atoms with Gasteiger partial charge in [-0.2, -0.15) is 22.0 Å². The first kappa shape index (κ1) is 26.0. The number of aryl methyl sites for hydroxylation is 2. The van der Waals surface area contributed by atoms with E-state index < -0.39 is 42.1 Å². The van der Waals surface area contributed by atoms with E-state index in [0.717, 1.165) is 6.20 Å². The molecule has 1 saturated carbocycles. The first-order valence-corrected chi connectivity index (χ1v) is 12.2. The summed E-state index contributed by atoms with van der Waals surface area (Å²) in [6.07, 6.45) is -1.35. The van der Waals surface area contributed by atoms with Gasteiger partial charge in [-0.05, 0) is 43.7 Å². The fourth-order valence-corrected chi connectivity index (χ4v) is 5.36. The molecule has 4 aromatic rings. The van der Waals surface area contributed by atoms with Crippen LogP contribution in [0.5, 0.6) is 0 Å². The number of carbonyl (C=O) groups is 1. The minimum atomic E-state index is -5.71. The lowest BCUT2D eigenvalue weighted by Gasteiger charge is -2.28. The van der Waals surface area contributed by atoms with Crippen LogP contribution in [0.15, 0.2) is 30.9 Å². The zero-order chi connectivity index (χ0) is 28.6. The molecule has 0 bridgehead atoms. The second-order valence-electron chi connectivity index (χ2n) is 9.94. The van der Waals surface area contributed by atoms with Crippen molar-refractivity contribution in [3.63, 3.8) is 0 Å². The molecule has 208 valence electrons. The quantitative estimate of drug-likeness (QED) is 0.334. The Labute approximate surface area is 221 Å². The number of nitrogens with one attached hydrogen (secondary N) is 1. The fourth-order valence-electron chi connectivity index (χ4n) is 5.36. The van der Waals surface area contributed by atoms with Crippen LogP contribution in [0.2, 0.25) is 0 Å². The molecule has 1 atom stereocenters. The third-order valence-corrected chi connectivity index (χ3v) is 7.29. The van der Waals surface area contributed by atoms with E-state index in [-0.39, 0.29) is 40.4 Å². The number of aromatic nitrogens is 6. The van der Waals surface area contributed by atoms with Gasteiger partial charge in [-0.15, -0.1) is 0 Å². The minimum absolute atomic E-state index is 0.0135. The highest BCUT2D eigenvalue weighted by molar-refractivity contribution is 6.10. The van der Waals surface area contributed by atoms with Crippen LogP contribution in [-0.2, 0) is 16.6 Å². The van der Waals surface area contributed by atoms with E-state index in [1.165, 1.54) is 29.1 Å². The number of halogens is 6. The zero-order valence-electron chi connectivity index (χ0n) is 20.7. The predicted octanol–water partition coefficient (Wildman–Crippen LogP) is 4.39. The van der Waals surface area contributed by atoms with Gasteiger partial charge in [0.1, 0.15) is 28.6 Å². The molecule has 6 rings (SSSR count). The molecule has 1 aliphatic carbocycles. The van der Waals surface area contributed by atoms with Crippen LogP contribution < -0.4 is 11.1 Å². The van der Waals surface area contributed by atoms with E-state index in [4.69, 9.17) is 5.73 Å². The number of fused-ring (bicyclic) bond motifs is 2. The normalized spacial score (nSPS) is 19.2. The highest BCUT2D eigenvalue weighted by Gasteiger charge is 2.61. The van der Waals surface area contributed by atoms with Crippen molar-refractivity contribution < 1.29 is 31.1 Å². The van der Waals surface area contributed by atoms with Crippen molar-refractivity contribution in [1.29, 1.82) is 0 Å². The molecule has 15 heteroatoms. The lowest BCUT2D eigenvalue weighted by Crippen LogP contribution is -2.40. The Balaban J connectivity index is 1.45. The van der Waals surface area contributed by atoms with E-state index in [1.807, 2.05) is 0 Å². The molecule has 0 saturated heterocycles. The molecule has 0 aromatic carbocycles. The van der Waals surface area contributed by atoms with Crippen molar-refractivity contribution in [3.05, 3.63) is 59.2 Å². The van der Waals surface area contributed by atoms with Gasteiger partial charge in [0.2, 0.25) is 5.91 Å². The summed E-state index contributed by atoms with van der Waals surface area (Å²) < 4.78 is 80.8. The number of anilines is 2. The summed E-state index contributed by atoms with van der Waals surface area (Å²) in [6.45, 7) is 1.64. The Kier molecular flexibility index (Phi) is 5.58. The molecular formula is C25H20F6N8O. The van der Waals surface area contributed by atoms with E-state index in [1.54, 1.807) is 6.92 Å². The number of rotatable bonds is 6. The van der Waals surface area contributed by atoms with Gasteiger partial charge in [-0.1, -0.05) is 0 Å². The number of imidazole rings is 1. The zero-order valence-corrected chi connectivity index (χ0v) is 20.7. The highest BCUT2D eigenvalue weighted by Crippen LogP contribution is 2.57. The Morgan fingerprint density at radius 1 is 1.15 bits per heavy atom. The Bertz CT molecular complexity index is 1680. The van der Waals surface area contributed by atoms with Gasteiger partial charge in [-0.25, -0.2) is 24.3 Å². The number of pyridine rings is 1. The fraction of sp³-hybridized carbons (Fsp3) is 0.360. The van der Waals surface area contributed by atoms with Gasteiger partial charge < -0.3 is 15.5 Å². The third-order valence-electron chi connectivity index (χ3n) is 7.29. The van der Waals surface area contributed by atoms with Crippen LogP contribution >= 0.6 is 0 Å². The number of nitrogen functional groups attached to an aromatic ring is 1. The second kappa shape index (κ2) is 8.60. The molecule has 40 heavy (non-hydrogen) atoms. The molecule has 1 aliphatic heterocycles. The molecule has 1 amide bonds. The maximum Gasteiger partial charge on any atom is 0.453 e. The minimum Gasteiger partial charge on any atom is -0.383 e. The van der Waals surface area contributed by atoms with Gasteiger partial charge in [0.05, 0.1) is 23.1 Å². The number of hydrogen-bond acceptors (Lipinski definition) is 7. The molecule has 4 aromatic heterocycles. The van der Waals surface area contributed by atoms with E-state index >= 15 is 0 Å². The van der Waals surface area contributed by atoms with Gasteiger partial charge in [-0.3, -0.25) is 9.78 Å². The van der Waals surface area contributed by atoms with Gasteiger partial charge in [0, 0.05) is 25.0 Å². The monoisotopic (exact) mass is 562 g/mol. The molecule has 0 radical (unpaired) electrons. The smallest absolute Gasteiger partial charge is 0.383 e. The summed E-state index contributed by atoms with van der Waals surface area (Å²) in [6, 6.07) is 1.28. The molecule has 1 fully saturated rings. The summed E-state index contributed by atoms with van der Waals surface area (Å²) in [5.74, 6) is -6.19. The molecule has 1 unspecified atom stereocenters. The van der Waals surface area contributed by atoms with Crippen LogP contribution in [0, 0.1) is 18.7 Å². The first-order chi connectivity index (χ1) is 18.8. The average molecular weight is 562 g/mol. The Hall–Kier alpha value is -4.30. The summed E-state index contributed by atoms with van der Waals surface area (Å²) in [5.41, 5.74) is 6.12. The maximum absolute atomic E-state index is 13.9. The largest absolute Gasteiger partial charge is 0.453 e. The number of carbonyl (C=O) groups excluding carboxylic acids is 1. The van der Waals surface area contributed by atoms with Crippen molar-refractivity contribution in [2.75, 3.05) is 11.1 Å². The van der Waals surface area contributed by atoms with Crippen molar-refractivity contribution in [1.82, 2.24) is 29.3 Å². The van der Waals surface area contributed by atoms with E-state index in [0.29, 0.717) is 29.7 Å². The average Bonchev–Trinajstić information content (AvgIpc) is 3.52. The number of alkyl halides is 5. The topological polar surface area (TPSA) is 124 Å². The van der Waals surface area contributed by atoms with Crippen LogP contribution in [0.4, 0.5) is 38.0 Å². The third kappa shape index (κ3) is 3.85. The molecule has 9 nitrogen and oxygen atoms in total. The van der Waals surface area contributed by atoms with Crippen LogP contribution in [-0.4, -0.2) is 47.3 Å². The van der Waals surface area contributed by atoms with Gasteiger partial charge >= 0.3 is 12.1 Å². The second-order valence-corrected chi connectivity index (χ2v) is 9.94. The summed E-state index contributed by atoms with van der Waals surface area (Å²) >= 11 is 0. The number of amides is 1. The van der Waals surface area contributed by atoms with Crippen molar-refractivity contribution in [2.45, 2.75) is 50.1 Å². The summed E-state index contributed by atoms with van der Waals surface area (Å²) in [5, 5.41) is 2.73. The first-order valence-electron chi connectivity index (χ1n) is 12.2. The Morgan fingerprint density at radius 2 is 1.90 bits per heavy atom. The van der Waals surface area contributed by atoms with Crippen molar-refractivity contribution in [2.24, 2.45) is 5.92 Å².